The molecule has 2 rings (SSSR count). The van der Waals surface area contributed by atoms with Crippen LogP contribution in [0.2, 0.25) is 10.0 Å². The maximum absolute atomic E-state index is 10.4. The molecule has 0 aliphatic rings. The Kier molecular flexibility index (Phi) is 4.49. The highest BCUT2D eigenvalue weighted by molar-refractivity contribution is 6.36. The molecule has 2 aromatic rings. The molecule has 6 nitrogen and oxygen atoms in total. The van der Waals surface area contributed by atoms with E-state index in [4.69, 9.17) is 27.6 Å². The second-order valence-electron chi connectivity index (χ2n) is 3.59. The Morgan fingerprint density at radius 3 is 2.55 bits per heavy atom. The molecule has 0 bridgehead atoms. The summed E-state index contributed by atoms with van der Waals surface area (Å²) >= 11 is 11.7. The van der Waals surface area contributed by atoms with E-state index in [0.29, 0.717) is 15.6 Å². The summed E-state index contributed by atoms with van der Waals surface area (Å²) < 4.78 is 4.87. The Morgan fingerprint density at radius 2 is 1.90 bits per heavy atom. The van der Waals surface area contributed by atoms with Gasteiger partial charge < -0.3 is 4.42 Å². The molecule has 20 heavy (non-hydrogen) atoms. The van der Waals surface area contributed by atoms with Crippen LogP contribution in [0.4, 0.5) is 5.88 Å². The number of nitro groups is 1. The fourth-order valence-electron chi connectivity index (χ4n) is 1.30. The highest BCUT2D eigenvalue weighted by Gasteiger charge is 2.09. The number of hydrogen-bond acceptors (Lipinski definition) is 5. The van der Waals surface area contributed by atoms with Crippen molar-refractivity contribution >= 4 is 41.5 Å². The molecule has 1 aromatic carbocycles. The van der Waals surface area contributed by atoms with Gasteiger partial charge in [-0.05, 0) is 18.2 Å². The van der Waals surface area contributed by atoms with E-state index >= 15 is 0 Å². The molecule has 0 radical (unpaired) electrons. The van der Waals surface area contributed by atoms with Crippen molar-refractivity contribution in [1.82, 2.24) is 0 Å². The topological polar surface area (TPSA) is 81.0 Å². The lowest BCUT2D eigenvalue weighted by Crippen LogP contribution is -1.83. The standard InChI is InChI=1S/C12H7Cl2N3O3/c13-9-2-1-8(11(14)5-9)6-15-16-7-10-3-4-12(20-10)17(18)19/h1-7H/b15-6+,16-7+. The Hall–Kier alpha value is -2.18. The van der Waals surface area contributed by atoms with Gasteiger partial charge in [-0.3, -0.25) is 10.1 Å². The summed E-state index contributed by atoms with van der Waals surface area (Å²) in [6.45, 7) is 0. The van der Waals surface area contributed by atoms with E-state index in [-0.39, 0.29) is 11.6 Å². The number of halogens is 2. The first-order chi connectivity index (χ1) is 9.56. The van der Waals surface area contributed by atoms with Crippen molar-refractivity contribution < 1.29 is 9.34 Å². The number of rotatable bonds is 4. The lowest BCUT2D eigenvalue weighted by Gasteiger charge is -1.96. The van der Waals surface area contributed by atoms with Gasteiger partial charge >= 0.3 is 5.88 Å². The molecule has 0 unspecified atom stereocenters. The van der Waals surface area contributed by atoms with Crippen molar-refractivity contribution in [2.75, 3.05) is 0 Å². The second kappa shape index (κ2) is 6.31. The molecule has 0 saturated carbocycles. The zero-order valence-electron chi connectivity index (χ0n) is 9.86. The van der Waals surface area contributed by atoms with Gasteiger partial charge in [-0.1, -0.05) is 29.3 Å². The van der Waals surface area contributed by atoms with E-state index < -0.39 is 4.92 Å². The first kappa shape index (κ1) is 14.2. The van der Waals surface area contributed by atoms with Gasteiger partial charge in [0.1, 0.15) is 4.92 Å². The summed E-state index contributed by atoms with van der Waals surface area (Å²) in [6, 6.07) is 7.62. The Bertz CT molecular complexity index is 695. The maximum atomic E-state index is 10.4. The lowest BCUT2D eigenvalue weighted by atomic mass is 10.2. The van der Waals surface area contributed by atoms with Crippen LogP contribution >= 0.6 is 23.2 Å². The van der Waals surface area contributed by atoms with Crippen LogP contribution in [0.15, 0.2) is 45.0 Å². The van der Waals surface area contributed by atoms with Gasteiger partial charge in [-0.25, -0.2) is 0 Å². The molecule has 0 saturated heterocycles. The van der Waals surface area contributed by atoms with Crippen LogP contribution in [0.3, 0.4) is 0 Å². The summed E-state index contributed by atoms with van der Waals surface area (Å²) in [5, 5.41) is 18.9. The summed E-state index contributed by atoms with van der Waals surface area (Å²) in [4.78, 5) is 9.78. The van der Waals surface area contributed by atoms with E-state index in [1.165, 1.54) is 24.6 Å². The highest BCUT2D eigenvalue weighted by atomic mass is 35.5. The van der Waals surface area contributed by atoms with E-state index in [2.05, 4.69) is 10.2 Å². The molecule has 0 N–H and O–H groups in total. The van der Waals surface area contributed by atoms with Crippen LogP contribution in [0, 0.1) is 10.1 Å². The predicted molar refractivity (Wildman–Crippen MR) is 77.0 cm³/mol. The summed E-state index contributed by atoms with van der Waals surface area (Å²) in [5.74, 6) is -0.118. The van der Waals surface area contributed by atoms with Crippen molar-refractivity contribution in [3.8, 4) is 0 Å². The van der Waals surface area contributed by atoms with Crippen LogP contribution in [0.25, 0.3) is 0 Å². The molecule has 0 aliphatic heterocycles. The largest absolute Gasteiger partial charge is 0.433 e. The zero-order chi connectivity index (χ0) is 14.5. The molecule has 0 fully saturated rings. The first-order valence-electron chi connectivity index (χ1n) is 5.32. The van der Waals surface area contributed by atoms with Crippen LogP contribution in [0.1, 0.15) is 11.3 Å². The molecular weight excluding hydrogens is 305 g/mol. The average Bonchev–Trinajstić information content (AvgIpc) is 2.85. The fraction of sp³-hybridized carbons (Fsp3) is 0. The smallest absolute Gasteiger partial charge is 0.400 e. The molecule has 1 heterocycles. The van der Waals surface area contributed by atoms with Crippen molar-refractivity contribution in [2.45, 2.75) is 0 Å². The summed E-state index contributed by atoms with van der Waals surface area (Å²) in [7, 11) is 0. The fourth-order valence-corrected chi connectivity index (χ4v) is 1.76. The van der Waals surface area contributed by atoms with Gasteiger partial charge in [0.15, 0.2) is 5.76 Å². The molecule has 1 aromatic heterocycles. The lowest BCUT2D eigenvalue weighted by molar-refractivity contribution is -0.402. The average molecular weight is 312 g/mol. The minimum Gasteiger partial charge on any atom is -0.400 e. The summed E-state index contributed by atoms with van der Waals surface area (Å²) in [5.41, 5.74) is 0.652. The number of nitrogens with zero attached hydrogens (tertiary/aromatic N) is 3. The second-order valence-corrected chi connectivity index (χ2v) is 4.43. The van der Waals surface area contributed by atoms with Gasteiger partial charge in [0, 0.05) is 10.6 Å². The van der Waals surface area contributed by atoms with Gasteiger partial charge in [0.25, 0.3) is 0 Å². The van der Waals surface area contributed by atoms with Crippen molar-refractivity contribution in [2.24, 2.45) is 10.2 Å². The molecule has 102 valence electrons. The number of benzene rings is 1. The predicted octanol–water partition coefficient (Wildman–Crippen LogP) is 3.95. The van der Waals surface area contributed by atoms with Gasteiger partial charge in [0.2, 0.25) is 0 Å². The third kappa shape index (κ3) is 3.66. The maximum Gasteiger partial charge on any atom is 0.433 e. The SMILES string of the molecule is O=[N+]([O-])c1ccc(/C=N/N=C/c2ccc(Cl)cc2Cl)o1. The van der Waals surface area contributed by atoms with Gasteiger partial charge in [0.05, 0.1) is 23.5 Å². The minimum absolute atomic E-state index is 0.232. The first-order valence-corrected chi connectivity index (χ1v) is 6.07. The zero-order valence-corrected chi connectivity index (χ0v) is 11.4. The van der Waals surface area contributed by atoms with Crippen molar-refractivity contribution in [3.63, 3.8) is 0 Å². The molecule has 0 aliphatic carbocycles. The van der Waals surface area contributed by atoms with E-state index in [1.54, 1.807) is 18.2 Å². The number of furan rings is 1. The van der Waals surface area contributed by atoms with Gasteiger partial charge in [-0.15, -0.1) is 0 Å². The molecule has 0 atom stereocenters. The van der Waals surface area contributed by atoms with Crippen LogP contribution in [-0.2, 0) is 0 Å². The number of hydrogen-bond donors (Lipinski definition) is 0. The highest BCUT2D eigenvalue weighted by Crippen LogP contribution is 2.19. The summed E-state index contributed by atoms with van der Waals surface area (Å²) in [6.07, 6.45) is 2.69. The van der Waals surface area contributed by atoms with E-state index in [0.717, 1.165) is 0 Å². The van der Waals surface area contributed by atoms with Crippen molar-refractivity contribution in [3.05, 3.63) is 61.8 Å². The molecule has 0 spiro atoms. The van der Waals surface area contributed by atoms with Crippen LogP contribution in [0.5, 0.6) is 0 Å². The quantitative estimate of drug-likeness (QED) is 0.487. The molecular formula is C12H7Cl2N3O3. The van der Waals surface area contributed by atoms with E-state index in [9.17, 15) is 10.1 Å². The van der Waals surface area contributed by atoms with Crippen LogP contribution in [-0.4, -0.2) is 17.4 Å². The molecule has 0 amide bonds. The Morgan fingerprint density at radius 1 is 1.15 bits per heavy atom. The van der Waals surface area contributed by atoms with Gasteiger partial charge in [-0.2, -0.15) is 10.2 Å². The Labute approximate surface area is 123 Å². The third-order valence-electron chi connectivity index (χ3n) is 2.20. The molecule has 8 heteroatoms. The normalized spacial score (nSPS) is 11.5. The minimum atomic E-state index is -0.631. The van der Waals surface area contributed by atoms with Crippen molar-refractivity contribution in [1.29, 1.82) is 0 Å². The monoisotopic (exact) mass is 311 g/mol. The van der Waals surface area contributed by atoms with E-state index in [1.807, 2.05) is 0 Å². The third-order valence-corrected chi connectivity index (χ3v) is 2.77. The Balaban J connectivity index is 2.05. The van der Waals surface area contributed by atoms with Crippen LogP contribution < -0.4 is 0 Å².